The SMILES string of the molecule is NCn1ncnc1-c1ccncc1. The number of nitrogens with two attached hydrogens (primary N) is 1. The molecule has 0 aliphatic heterocycles. The molecule has 13 heavy (non-hydrogen) atoms. The number of hydrogen-bond donors (Lipinski definition) is 1. The fourth-order valence-electron chi connectivity index (χ4n) is 1.12. The molecule has 0 unspecified atom stereocenters. The number of pyridine rings is 1. The average Bonchev–Trinajstić information content (AvgIpc) is 2.67. The molecule has 0 fully saturated rings. The van der Waals surface area contributed by atoms with Gasteiger partial charge in [0.1, 0.15) is 6.33 Å². The Morgan fingerprint density at radius 3 is 2.77 bits per heavy atom. The van der Waals surface area contributed by atoms with Crippen LogP contribution in [-0.2, 0) is 6.67 Å². The standard InChI is InChI=1S/C8H9N5/c9-5-13-8(11-6-12-13)7-1-3-10-4-2-7/h1-4,6H,5,9H2. The van der Waals surface area contributed by atoms with Crippen LogP contribution in [0.15, 0.2) is 30.9 Å². The van der Waals surface area contributed by atoms with E-state index in [0.717, 1.165) is 11.4 Å². The third-order valence-corrected chi connectivity index (χ3v) is 1.73. The lowest BCUT2D eigenvalue weighted by atomic mass is 10.2. The zero-order valence-corrected chi connectivity index (χ0v) is 6.96. The number of rotatable bonds is 2. The highest BCUT2D eigenvalue weighted by atomic mass is 15.4. The van der Waals surface area contributed by atoms with Gasteiger partial charge in [-0.25, -0.2) is 9.67 Å². The monoisotopic (exact) mass is 175 g/mol. The van der Waals surface area contributed by atoms with Crippen molar-refractivity contribution in [2.24, 2.45) is 5.73 Å². The minimum Gasteiger partial charge on any atom is -0.312 e. The second kappa shape index (κ2) is 3.32. The van der Waals surface area contributed by atoms with E-state index in [2.05, 4.69) is 15.1 Å². The molecule has 0 aliphatic carbocycles. The maximum absolute atomic E-state index is 5.48. The van der Waals surface area contributed by atoms with Crippen molar-refractivity contribution in [3.63, 3.8) is 0 Å². The van der Waals surface area contributed by atoms with Gasteiger partial charge in [0.05, 0.1) is 6.67 Å². The first-order valence-corrected chi connectivity index (χ1v) is 3.90. The van der Waals surface area contributed by atoms with Crippen LogP contribution in [0.4, 0.5) is 0 Å². The fraction of sp³-hybridized carbons (Fsp3) is 0.125. The van der Waals surface area contributed by atoms with Crippen LogP contribution in [0.3, 0.4) is 0 Å². The van der Waals surface area contributed by atoms with E-state index >= 15 is 0 Å². The summed E-state index contributed by atoms with van der Waals surface area (Å²) in [6, 6.07) is 3.74. The van der Waals surface area contributed by atoms with E-state index in [1.54, 1.807) is 17.1 Å². The molecule has 0 radical (unpaired) electrons. The fourth-order valence-corrected chi connectivity index (χ4v) is 1.12. The normalized spacial score (nSPS) is 10.2. The van der Waals surface area contributed by atoms with Gasteiger partial charge in [-0.3, -0.25) is 4.98 Å². The third-order valence-electron chi connectivity index (χ3n) is 1.73. The Kier molecular flexibility index (Phi) is 2.01. The van der Waals surface area contributed by atoms with Crippen molar-refractivity contribution in [1.82, 2.24) is 19.7 Å². The van der Waals surface area contributed by atoms with E-state index in [9.17, 15) is 0 Å². The van der Waals surface area contributed by atoms with Gasteiger partial charge in [-0.15, -0.1) is 0 Å². The Bertz CT molecular complexity index is 380. The predicted molar refractivity (Wildman–Crippen MR) is 47.4 cm³/mol. The highest BCUT2D eigenvalue weighted by molar-refractivity contribution is 5.53. The Balaban J connectivity index is 2.47. The van der Waals surface area contributed by atoms with Crippen LogP contribution >= 0.6 is 0 Å². The second-order valence-corrected chi connectivity index (χ2v) is 2.50. The molecular weight excluding hydrogens is 166 g/mol. The van der Waals surface area contributed by atoms with Gasteiger partial charge in [0.25, 0.3) is 0 Å². The van der Waals surface area contributed by atoms with Gasteiger partial charge in [0.2, 0.25) is 0 Å². The average molecular weight is 175 g/mol. The number of nitrogens with zero attached hydrogens (tertiary/aromatic N) is 4. The molecule has 2 N–H and O–H groups in total. The maximum Gasteiger partial charge on any atom is 0.159 e. The highest BCUT2D eigenvalue weighted by Gasteiger charge is 2.03. The van der Waals surface area contributed by atoms with Gasteiger partial charge in [0.15, 0.2) is 5.82 Å². The van der Waals surface area contributed by atoms with Crippen LogP contribution in [0, 0.1) is 0 Å². The predicted octanol–water partition coefficient (Wildman–Crippen LogP) is 0.256. The molecule has 0 atom stereocenters. The van der Waals surface area contributed by atoms with Crippen molar-refractivity contribution in [2.75, 3.05) is 0 Å². The summed E-state index contributed by atoms with van der Waals surface area (Å²) in [4.78, 5) is 8.02. The smallest absolute Gasteiger partial charge is 0.159 e. The summed E-state index contributed by atoms with van der Waals surface area (Å²) in [5, 5.41) is 3.97. The van der Waals surface area contributed by atoms with Crippen LogP contribution in [0.1, 0.15) is 0 Å². The first kappa shape index (κ1) is 7.88. The van der Waals surface area contributed by atoms with Gasteiger partial charge < -0.3 is 5.73 Å². The molecule has 2 aromatic rings. The molecule has 66 valence electrons. The van der Waals surface area contributed by atoms with Crippen molar-refractivity contribution < 1.29 is 0 Å². The second-order valence-electron chi connectivity index (χ2n) is 2.50. The van der Waals surface area contributed by atoms with Crippen molar-refractivity contribution in [3.8, 4) is 11.4 Å². The molecule has 0 saturated heterocycles. The Labute approximate surface area is 75.2 Å². The molecule has 2 rings (SSSR count). The summed E-state index contributed by atoms with van der Waals surface area (Å²) in [6.45, 7) is 0.331. The van der Waals surface area contributed by atoms with Crippen molar-refractivity contribution in [1.29, 1.82) is 0 Å². The van der Waals surface area contributed by atoms with Gasteiger partial charge in [-0.1, -0.05) is 0 Å². The van der Waals surface area contributed by atoms with Gasteiger partial charge in [-0.2, -0.15) is 5.10 Å². The van der Waals surface area contributed by atoms with Crippen LogP contribution in [0.2, 0.25) is 0 Å². The highest BCUT2D eigenvalue weighted by Crippen LogP contribution is 2.13. The van der Waals surface area contributed by atoms with Crippen LogP contribution < -0.4 is 5.73 Å². The van der Waals surface area contributed by atoms with Gasteiger partial charge >= 0.3 is 0 Å². The van der Waals surface area contributed by atoms with Gasteiger partial charge in [-0.05, 0) is 12.1 Å². The zero-order valence-electron chi connectivity index (χ0n) is 6.96. The molecule has 5 nitrogen and oxygen atoms in total. The summed E-state index contributed by atoms with van der Waals surface area (Å²) < 4.78 is 1.63. The van der Waals surface area contributed by atoms with Crippen LogP contribution in [-0.4, -0.2) is 19.7 Å². The Morgan fingerprint density at radius 1 is 1.31 bits per heavy atom. The molecule has 2 aromatic heterocycles. The molecule has 2 heterocycles. The topological polar surface area (TPSA) is 69.6 Å². The van der Waals surface area contributed by atoms with E-state index in [0.29, 0.717) is 6.67 Å². The summed E-state index contributed by atoms with van der Waals surface area (Å²) in [7, 11) is 0. The molecular formula is C8H9N5. The third kappa shape index (κ3) is 1.41. The number of aromatic nitrogens is 4. The number of hydrogen-bond acceptors (Lipinski definition) is 4. The van der Waals surface area contributed by atoms with Gasteiger partial charge in [0, 0.05) is 18.0 Å². The molecule has 0 aromatic carbocycles. The quantitative estimate of drug-likeness (QED) is 0.710. The minimum atomic E-state index is 0.331. The maximum atomic E-state index is 5.48. The minimum absolute atomic E-state index is 0.331. The largest absolute Gasteiger partial charge is 0.312 e. The van der Waals surface area contributed by atoms with E-state index < -0.39 is 0 Å². The molecule has 0 amide bonds. The van der Waals surface area contributed by atoms with Crippen LogP contribution in [0.5, 0.6) is 0 Å². The Hall–Kier alpha value is -1.75. The summed E-state index contributed by atoms with van der Waals surface area (Å²) in [6.07, 6.45) is 4.92. The molecule has 0 bridgehead atoms. The van der Waals surface area contributed by atoms with Crippen molar-refractivity contribution in [3.05, 3.63) is 30.9 Å². The first-order valence-electron chi connectivity index (χ1n) is 3.90. The molecule has 0 aliphatic rings. The molecule has 5 heteroatoms. The van der Waals surface area contributed by atoms with Crippen LogP contribution in [0.25, 0.3) is 11.4 Å². The van der Waals surface area contributed by atoms with E-state index in [1.807, 2.05) is 12.1 Å². The van der Waals surface area contributed by atoms with E-state index in [4.69, 9.17) is 5.73 Å². The van der Waals surface area contributed by atoms with Crippen molar-refractivity contribution in [2.45, 2.75) is 6.67 Å². The summed E-state index contributed by atoms with van der Waals surface area (Å²) in [5.74, 6) is 0.768. The zero-order chi connectivity index (χ0) is 9.10. The van der Waals surface area contributed by atoms with Crippen molar-refractivity contribution >= 4 is 0 Å². The Morgan fingerprint density at radius 2 is 2.08 bits per heavy atom. The lowest BCUT2D eigenvalue weighted by molar-refractivity contribution is 0.644. The van der Waals surface area contributed by atoms with E-state index in [1.165, 1.54) is 6.33 Å². The first-order chi connectivity index (χ1) is 6.42. The lowest BCUT2D eigenvalue weighted by Gasteiger charge is -2.00. The summed E-state index contributed by atoms with van der Waals surface area (Å²) >= 11 is 0. The molecule has 0 saturated carbocycles. The summed E-state index contributed by atoms with van der Waals surface area (Å²) in [5.41, 5.74) is 6.45. The van der Waals surface area contributed by atoms with E-state index in [-0.39, 0.29) is 0 Å². The molecule has 0 spiro atoms. The lowest BCUT2D eigenvalue weighted by Crippen LogP contribution is -2.10.